The number of rotatable bonds is 5. The Morgan fingerprint density at radius 1 is 1.15 bits per heavy atom. The topological polar surface area (TPSA) is 50.7 Å². The number of amides is 1. The van der Waals surface area contributed by atoms with Crippen molar-refractivity contribution < 1.29 is 9.53 Å². The number of hydrogen-bond donors (Lipinski definition) is 1. The molecule has 5 heteroatoms. The first-order valence-corrected chi connectivity index (χ1v) is 9.29. The first-order chi connectivity index (χ1) is 12.2. The molecule has 2 aromatic carbocycles. The highest BCUT2D eigenvalue weighted by atomic mass is 79.9. The van der Waals surface area contributed by atoms with Crippen LogP contribution in [0.2, 0.25) is 0 Å². The van der Waals surface area contributed by atoms with E-state index in [0.717, 1.165) is 15.7 Å². The van der Waals surface area contributed by atoms with Crippen LogP contribution in [0.4, 0.5) is 0 Å². The predicted octanol–water partition coefficient (Wildman–Crippen LogP) is 4.97. The van der Waals surface area contributed by atoms with E-state index in [4.69, 9.17) is 4.74 Å². The molecular formula is C21H25BrN2O2. The van der Waals surface area contributed by atoms with E-state index in [9.17, 15) is 4.79 Å². The summed E-state index contributed by atoms with van der Waals surface area (Å²) in [6, 6.07) is 13.9. The summed E-state index contributed by atoms with van der Waals surface area (Å²) in [7, 11) is 0. The lowest BCUT2D eigenvalue weighted by molar-refractivity contribution is -0.123. The van der Waals surface area contributed by atoms with Crippen molar-refractivity contribution in [1.29, 1.82) is 0 Å². The Balaban J connectivity index is 1.92. The zero-order chi connectivity index (χ0) is 19.3. The van der Waals surface area contributed by atoms with Gasteiger partial charge in [-0.2, -0.15) is 5.10 Å². The van der Waals surface area contributed by atoms with Crippen LogP contribution in [0.15, 0.2) is 52.0 Å². The van der Waals surface area contributed by atoms with Gasteiger partial charge in [0.15, 0.2) is 6.61 Å². The fourth-order valence-corrected chi connectivity index (χ4v) is 2.76. The van der Waals surface area contributed by atoms with Crippen molar-refractivity contribution >= 4 is 27.5 Å². The van der Waals surface area contributed by atoms with Gasteiger partial charge < -0.3 is 4.74 Å². The molecule has 0 spiro atoms. The van der Waals surface area contributed by atoms with Gasteiger partial charge in [0, 0.05) is 0 Å². The van der Waals surface area contributed by atoms with Crippen LogP contribution in [0.3, 0.4) is 0 Å². The molecule has 0 aliphatic carbocycles. The van der Waals surface area contributed by atoms with Crippen molar-refractivity contribution in [3.05, 3.63) is 63.6 Å². The van der Waals surface area contributed by atoms with Gasteiger partial charge in [-0.05, 0) is 58.5 Å². The molecule has 0 aliphatic heterocycles. The third-order valence-corrected chi connectivity index (χ3v) is 4.59. The van der Waals surface area contributed by atoms with Crippen molar-refractivity contribution in [1.82, 2.24) is 5.43 Å². The number of hydrogen-bond acceptors (Lipinski definition) is 3. The number of ether oxygens (including phenoxy) is 1. The zero-order valence-electron chi connectivity index (χ0n) is 15.9. The molecule has 2 aromatic rings. The molecule has 26 heavy (non-hydrogen) atoms. The van der Waals surface area contributed by atoms with Crippen molar-refractivity contribution in [2.75, 3.05) is 6.61 Å². The summed E-state index contributed by atoms with van der Waals surface area (Å²) < 4.78 is 6.42. The number of benzene rings is 2. The molecule has 0 heterocycles. The molecule has 0 saturated carbocycles. The quantitative estimate of drug-likeness (QED) is 0.552. The molecule has 138 valence electrons. The molecule has 0 aliphatic rings. The summed E-state index contributed by atoms with van der Waals surface area (Å²) in [5, 5.41) is 4.13. The summed E-state index contributed by atoms with van der Waals surface area (Å²) in [6.45, 7) is 10.2. The van der Waals surface area contributed by atoms with Crippen LogP contribution < -0.4 is 10.2 Å². The van der Waals surface area contributed by atoms with Crippen molar-refractivity contribution in [3.8, 4) is 5.75 Å². The first-order valence-electron chi connectivity index (χ1n) is 8.50. The fourth-order valence-electron chi connectivity index (χ4n) is 2.27. The zero-order valence-corrected chi connectivity index (χ0v) is 17.5. The number of hydrazone groups is 1. The van der Waals surface area contributed by atoms with Crippen LogP contribution in [-0.2, 0) is 10.2 Å². The summed E-state index contributed by atoms with van der Waals surface area (Å²) >= 11 is 3.50. The van der Waals surface area contributed by atoms with Crippen molar-refractivity contribution in [3.63, 3.8) is 0 Å². The SMILES string of the molecule is CC(=NNC(=O)COc1ccc(C(C)(C)C)cc1Br)c1ccc(C)cc1. The van der Waals surface area contributed by atoms with Crippen LogP contribution in [0, 0.1) is 6.92 Å². The highest BCUT2D eigenvalue weighted by Crippen LogP contribution is 2.31. The highest BCUT2D eigenvalue weighted by molar-refractivity contribution is 9.10. The molecule has 0 unspecified atom stereocenters. The highest BCUT2D eigenvalue weighted by Gasteiger charge is 2.15. The second-order valence-corrected chi connectivity index (χ2v) is 8.14. The van der Waals surface area contributed by atoms with Crippen molar-refractivity contribution in [2.45, 2.75) is 40.0 Å². The number of carbonyl (C=O) groups is 1. The Bertz CT molecular complexity index is 806. The largest absolute Gasteiger partial charge is 0.483 e. The van der Waals surface area contributed by atoms with E-state index in [-0.39, 0.29) is 17.9 Å². The molecule has 4 nitrogen and oxygen atoms in total. The third kappa shape index (κ3) is 5.70. The molecule has 0 saturated heterocycles. The first kappa shape index (κ1) is 20.2. The monoisotopic (exact) mass is 416 g/mol. The molecule has 1 amide bonds. The third-order valence-electron chi connectivity index (χ3n) is 3.97. The van der Waals surface area contributed by atoms with E-state index in [2.05, 4.69) is 47.2 Å². The summed E-state index contributed by atoms with van der Waals surface area (Å²) in [5.41, 5.74) is 6.68. The van der Waals surface area contributed by atoms with Gasteiger partial charge in [-0.3, -0.25) is 4.79 Å². The van der Waals surface area contributed by atoms with Crippen LogP contribution in [0.1, 0.15) is 44.4 Å². The molecule has 1 N–H and O–H groups in total. The van der Waals surface area contributed by atoms with Gasteiger partial charge in [0.1, 0.15) is 5.75 Å². The maximum atomic E-state index is 12.0. The van der Waals surface area contributed by atoms with Crippen LogP contribution in [0.5, 0.6) is 5.75 Å². The van der Waals surface area contributed by atoms with Gasteiger partial charge in [-0.15, -0.1) is 0 Å². The minimum atomic E-state index is -0.303. The van der Waals surface area contributed by atoms with Crippen molar-refractivity contribution in [2.24, 2.45) is 5.10 Å². The van der Waals surface area contributed by atoms with Gasteiger partial charge in [-0.1, -0.05) is 56.7 Å². The van der Waals surface area contributed by atoms with Gasteiger partial charge in [0.2, 0.25) is 0 Å². The lowest BCUT2D eigenvalue weighted by Crippen LogP contribution is -2.25. The number of nitrogens with zero attached hydrogens (tertiary/aromatic N) is 1. The Morgan fingerprint density at radius 2 is 1.81 bits per heavy atom. The lowest BCUT2D eigenvalue weighted by atomic mass is 9.87. The molecule has 0 aromatic heterocycles. The summed E-state index contributed by atoms with van der Waals surface area (Å²) in [5.74, 6) is 0.329. The number of carbonyl (C=O) groups excluding carboxylic acids is 1. The second-order valence-electron chi connectivity index (χ2n) is 7.28. The number of halogens is 1. The van der Waals surface area contributed by atoms with E-state index >= 15 is 0 Å². The molecule has 0 bridgehead atoms. The second kappa shape index (κ2) is 8.49. The van der Waals surface area contributed by atoms with Crippen LogP contribution in [-0.4, -0.2) is 18.2 Å². The average molecular weight is 417 g/mol. The fraction of sp³-hybridized carbons (Fsp3) is 0.333. The molecule has 2 rings (SSSR count). The minimum absolute atomic E-state index is 0.0562. The molecule has 0 fully saturated rings. The maximum absolute atomic E-state index is 12.0. The van der Waals surface area contributed by atoms with E-state index in [1.165, 1.54) is 11.1 Å². The van der Waals surface area contributed by atoms with Crippen LogP contribution >= 0.6 is 15.9 Å². The van der Waals surface area contributed by atoms with E-state index in [0.29, 0.717) is 5.75 Å². The Labute approximate surface area is 163 Å². The minimum Gasteiger partial charge on any atom is -0.483 e. The normalized spacial score (nSPS) is 12.0. The number of nitrogens with one attached hydrogen (secondary N) is 1. The standard InChI is InChI=1S/C21H25BrN2O2/c1-14-6-8-16(9-7-14)15(2)23-24-20(25)13-26-19-11-10-17(12-18(19)22)21(3,4)5/h6-12H,13H2,1-5H3,(H,24,25). The van der Waals surface area contributed by atoms with E-state index in [1.54, 1.807) is 0 Å². The molecule has 0 atom stereocenters. The van der Waals surface area contributed by atoms with E-state index < -0.39 is 0 Å². The Morgan fingerprint density at radius 3 is 2.38 bits per heavy atom. The average Bonchev–Trinajstić information content (AvgIpc) is 2.58. The van der Waals surface area contributed by atoms with E-state index in [1.807, 2.05) is 56.3 Å². The summed E-state index contributed by atoms with van der Waals surface area (Å²) in [6.07, 6.45) is 0. The lowest BCUT2D eigenvalue weighted by Gasteiger charge is -2.20. The Hall–Kier alpha value is -2.14. The van der Waals surface area contributed by atoms with Gasteiger partial charge >= 0.3 is 0 Å². The number of aryl methyl sites for hydroxylation is 1. The summed E-state index contributed by atoms with van der Waals surface area (Å²) in [4.78, 5) is 12.0. The van der Waals surface area contributed by atoms with Gasteiger partial charge in [0.25, 0.3) is 5.91 Å². The smallest absolute Gasteiger partial charge is 0.277 e. The van der Waals surface area contributed by atoms with Gasteiger partial charge in [0.05, 0.1) is 10.2 Å². The van der Waals surface area contributed by atoms with Gasteiger partial charge in [-0.25, -0.2) is 5.43 Å². The van der Waals surface area contributed by atoms with Crippen LogP contribution in [0.25, 0.3) is 0 Å². The molecule has 0 radical (unpaired) electrons. The Kier molecular flexibility index (Phi) is 6.59. The molecular weight excluding hydrogens is 392 g/mol. The maximum Gasteiger partial charge on any atom is 0.277 e. The predicted molar refractivity (Wildman–Crippen MR) is 110 cm³/mol.